The van der Waals surface area contributed by atoms with Crippen LogP contribution in [0, 0.1) is 0 Å². The van der Waals surface area contributed by atoms with E-state index in [1.165, 1.54) is 12.1 Å². The van der Waals surface area contributed by atoms with Crippen molar-refractivity contribution in [2.45, 2.75) is 25.2 Å². The molecule has 138 valence electrons. The third-order valence-corrected chi connectivity index (χ3v) is 3.66. The van der Waals surface area contributed by atoms with Crippen molar-refractivity contribution < 1.29 is 22.8 Å². The van der Waals surface area contributed by atoms with Crippen LogP contribution in [-0.2, 0) is 23.9 Å². The SMILES string of the molecule is NC(=O)NC(Cc1ccccc1)C(=O)NCc1ccc(C(F)(F)F)cc1. The molecule has 1 atom stereocenters. The molecule has 0 bridgehead atoms. The number of amides is 3. The molecule has 0 radical (unpaired) electrons. The average molecular weight is 365 g/mol. The maximum absolute atomic E-state index is 12.5. The van der Waals surface area contributed by atoms with Crippen LogP contribution in [0.1, 0.15) is 16.7 Å². The van der Waals surface area contributed by atoms with Crippen LogP contribution in [0.5, 0.6) is 0 Å². The van der Waals surface area contributed by atoms with Crippen LogP contribution in [0.15, 0.2) is 54.6 Å². The molecule has 4 N–H and O–H groups in total. The molecule has 0 saturated carbocycles. The molecule has 3 amide bonds. The van der Waals surface area contributed by atoms with Crippen molar-refractivity contribution in [2.75, 3.05) is 0 Å². The number of urea groups is 1. The highest BCUT2D eigenvalue weighted by molar-refractivity contribution is 5.86. The van der Waals surface area contributed by atoms with E-state index >= 15 is 0 Å². The Bertz CT molecular complexity index is 747. The molecule has 0 aromatic heterocycles. The van der Waals surface area contributed by atoms with E-state index in [1.807, 2.05) is 6.07 Å². The second-order valence-electron chi connectivity index (χ2n) is 5.66. The van der Waals surface area contributed by atoms with E-state index in [9.17, 15) is 22.8 Å². The predicted molar refractivity (Wildman–Crippen MR) is 89.9 cm³/mol. The van der Waals surface area contributed by atoms with Gasteiger partial charge in [-0.05, 0) is 23.3 Å². The molecular formula is C18H18F3N3O2. The van der Waals surface area contributed by atoms with Gasteiger partial charge >= 0.3 is 12.2 Å². The second-order valence-corrected chi connectivity index (χ2v) is 5.66. The number of hydrogen-bond donors (Lipinski definition) is 3. The maximum Gasteiger partial charge on any atom is 0.416 e. The number of benzene rings is 2. The largest absolute Gasteiger partial charge is 0.416 e. The van der Waals surface area contributed by atoms with Crippen molar-refractivity contribution in [1.82, 2.24) is 10.6 Å². The first-order chi connectivity index (χ1) is 12.3. The third-order valence-electron chi connectivity index (χ3n) is 3.66. The summed E-state index contributed by atoms with van der Waals surface area (Å²) in [4.78, 5) is 23.5. The fraction of sp³-hybridized carbons (Fsp3) is 0.222. The minimum Gasteiger partial charge on any atom is -0.352 e. The van der Waals surface area contributed by atoms with Crippen molar-refractivity contribution in [3.63, 3.8) is 0 Å². The van der Waals surface area contributed by atoms with Gasteiger partial charge in [-0.2, -0.15) is 13.2 Å². The summed E-state index contributed by atoms with van der Waals surface area (Å²) < 4.78 is 37.6. The topological polar surface area (TPSA) is 84.2 Å². The molecule has 8 heteroatoms. The molecule has 1 unspecified atom stereocenters. The number of alkyl halides is 3. The fourth-order valence-corrected chi connectivity index (χ4v) is 2.35. The number of nitrogens with two attached hydrogens (primary N) is 1. The summed E-state index contributed by atoms with van der Waals surface area (Å²) >= 11 is 0. The Morgan fingerprint density at radius 2 is 1.58 bits per heavy atom. The molecule has 2 aromatic rings. The lowest BCUT2D eigenvalue weighted by Crippen LogP contribution is -2.49. The van der Waals surface area contributed by atoms with E-state index in [-0.39, 0.29) is 13.0 Å². The zero-order valence-electron chi connectivity index (χ0n) is 13.7. The lowest BCUT2D eigenvalue weighted by molar-refractivity contribution is -0.137. The summed E-state index contributed by atoms with van der Waals surface area (Å²) in [6.07, 6.45) is -4.17. The lowest BCUT2D eigenvalue weighted by atomic mass is 10.1. The van der Waals surface area contributed by atoms with Gasteiger partial charge in [0.15, 0.2) is 0 Å². The van der Waals surface area contributed by atoms with Crippen molar-refractivity contribution in [1.29, 1.82) is 0 Å². The Morgan fingerprint density at radius 1 is 0.962 bits per heavy atom. The van der Waals surface area contributed by atoms with Gasteiger partial charge in [-0.1, -0.05) is 42.5 Å². The van der Waals surface area contributed by atoms with Gasteiger partial charge in [0.05, 0.1) is 5.56 Å². The Labute approximate surface area is 148 Å². The van der Waals surface area contributed by atoms with E-state index < -0.39 is 29.7 Å². The Kier molecular flexibility index (Phi) is 6.21. The van der Waals surface area contributed by atoms with Crippen LogP contribution in [0.2, 0.25) is 0 Å². The quantitative estimate of drug-likeness (QED) is 0.735. The van der Waals surface area contributed by atoms with Crippen LogP contribution in [0.4, 0.5) is 18.0 Å². The van der Waals surface area contributed by atoms with Gasteiger partial charge in [0.1, 0.15) is 6.04 Å². The number of hydrogen-bond acceptors (Lipinski definition) is 2. The van der Waals surface area contributed by atoms with Crippen molar-refractivity contribution >= 4 is 11.9 Å². The normalized spacial score (nSPS) is 12.3. The summed E-state index contributed by atoms with van der Waals surface area (Å²) in [5.74, 6) is -0.479. The van der Waals surface area contributed by atoms with Crippen LogP contribution in [0.3, 0.4) is 0 Å². The van der Waals surface area contributed by atoms with Crippen molar-refractivity contribution in [3.05, 3.63) is 71.3 Å². The number of halogens is 3. The Morgan fingerprint density at radius 3 is 2.12 bits per heavy atom. The third kappa shape index (κ3) is 5.80. The van der Waals surface area contributed by atoms with Crippen LogP contribution < -0.4 is 16.4 Å². The number of rotatable bonds is 6. The van der Waals surface area contributed by atoms with Gasteiger partial charge in [-0.25, -0.2) is 4.79 Å². The summed E-state index contributed by atoms with van der Waals surface area (Å²) in [6, 6.07) is 11.8. The molecule has 2 rings (SSSR count). The fourth-order valence-electron chi connectivity index (χ4n) is 2.35. The molecule has 0 aliphatic rings. The highest BCUT2D eigenvalue weighted by atomic mass is 19.4. The molecule has 0 heterocycles. The highest BCUT2D eigenvalue weighted by Gasteiger charge is 2.30. The first-order valence-corrected chi connectivity index (χ1v) is 7.79. The predicted octanol–water partition coefficient (Wildman–Crippen LogP) is 2.60. The van der Waals surface area contributed by atoms with Gasteiger partial charge in [0.2, 0.25) is 5.91 Å². The van der Waals surface area contributed by atoms with Gasteiger partial charge in [0.25, 0.3) is 0 Å². The number of primary amides is 1. The van der Waals surface area contributed by atoms with E-state index in [0.717, 1.165) is 17.7 Å². The lowest BCUT2D eigenvalue weighted by Gasteiger charge is -2.17. The molecule has 0 fully saturated rings. The molecule has 0 saturated heterocycles. The first-order valence-electron chi connectivity index (χ1n) is 7.79. The van der Waals surface area contributed by atoms with Crippen LogP contribution >= 0.6 is 0 Å². The van der Waals surface area contributed by atoms with Crippen LogP contribution in [-0.4, -0.2) is 18.0 Å². The zero-order chi connectivity index (χ0) is 19.2. The number of carbonyl (C=O) groups excluding carboxylic acids is 2. The van der Waals surface area contributed by atoms with E-state index in [2.05, 4.69) is 10.6 Å². The average Bonchev–Trinajstić information content (AvgIpc) is 2.59. The molecule has 2 aromatic carbocycles. The minimum absolute atomic E-state index is 0.0305. The molecule has 26 heavy (non-hydrogen) atoms. The van der Waals surface area contributed by atoms with E-state index in [1.54, 1.807) is 24.3 Å². The summed E-state index contributed by atoms with van der Waals surface area (Å²) in [5, 5.41) is 4.96. The zero-order valence-corrected chi connectivity index (χ0v) is 13.7. The monoisotopic (exact) mass is 365 g/mol. The van der Waals surface area contributed by atoms with Gasteiger partial charge in [0, 0.05) is 13.0 Å². The van der Waals surface area contributed by atoms with E-state index in [4.69, 9.17) is 5.73 Å². The number of carbonyl (C=O) groups is 2. The van der Waals surface area contributed by atoms with E-state index in [0.29, 0.717) is 5.56 Å². The van der Waals surface area contributed by atoms with Gasteiger partial charge in [-0.3, -0.25) is 4.79 Å². The van der Waals surface area contributed by atoms with Gasteiger partial charge in [-0.15, -0.1) is 0 Å². The molecule has 0 aliphatic heterocycles. The Balaban J connectivity index is 1.99. The Hall–Kier alpha value is -3.03. The summed E-state index contributed by atoms with van der Waals surface area (Å²) in [5.41, 5.74) is 5.69. The molecule has 5 nitrogen and oxygen atoms in total. The molecular weight excluding hydrogens is 347 g/mol. The first kappa shape index (κ1) is 19.3. The number of nitrogens with one attached hydrogen (secondary N) is 2. The smallest absolute Gasteiger partial charge is 0.352 e. The minimum atomic E-state index is -4.41. The molecule has 0 spiro atoms. The highest BCUT2D eigenvalue weighted by Crippen LogP contribution is 2.29. The van der Waals surface area contributed by atoms with Crippen molar-refractivity contribution in [3.8, 4) is 0 Å². The van der Waals surface area contributed by atoms with Crippen LogP contribution in [0.25, 0.3) is 0 Å². The van der Waals surface area contributed by atoms with Crippen molar-refractivity contribution in [2.24, 2.45) is 5.73 Å². The maximum atomic E-state index is 12.5. The second kappa shape index (κ2) is 8.37. The molecule has 0 aliphatic carbocycles. The summed E-state index contributed by atoms with van der Waals surface area (Å²) in [7, 11) is 0. The summed E-state index contributed by atoms with van der Waals surface area (Å²) in [6.45, 7) is 0.0305. The standard InChI is InChI=1S/C18H18F3N3O2/c19-18(20,21)14-8-6-13(7-9-14)11-23-16(25)15(24-17(22)26)10-12-4-2-1-3-5-12/h1-9,15H,10-11H2,(H,23,25)(H3,22,24,26). The van der Waals surface area contributed by atoms with Gasteiger partial charge < -0.3 is 16.4 Å².